The maximum atomic E-state index is 12.3. The van der Waals surface area contributed by atoms with Gasteiger partial charge in [0.1, 0.15) is 18.3 Å². The molecule has 174 valence electrons. The van der Waals surface area contributed by atoms with Crippen molar-refractivity contribution in [3.8, 4) is 17.1 Å². The zero-order valence-electron chi connectivity index (χ0n) is 19.4. The van der Waals surface area contributed by atoms with Crippen LogP contribution < -0.4 is 4.74 Å². The van der Waals surface area contributed by atoms with Crippen molar-refractivity contribution in [3.05, 3.63) is 65.5 Å². The SMILES string of the molecule is CCON=C(CC)C(Cc1ccc(OCc2nc(-c3ccc(C)cc3)no2)cc1)C(=O)OC. The number of aryl methyl sites for hydroxylation is 1. The van der Waals surface area contributed by atoms with Gasteiger partial charge in [-0.2, -0.15) is 4.98 Å². The molecule has 0 radical (unpaired) electrons. The van der Waals surface area contributed by atoms with Gasteiger partial charge in [0.2, 0.25) is 5.82 Å². The van der Waals surface area contributed by atoms with E-state index in [1.165, 1.54) is 12.7 Å². The van der Waals surface area contributed by atoms with Gasteiger partial charge in [-0.1, -0.05) is 59.2 Å². The number of carbonyl (C=O) groups is 1. The molecular formula is C25H29N3O5. The lowest BCUT2D eigenvalue weighted by atomic mass is 9.93. The molecule has 0 saturated carbocycles. The van der Waals surface area contributed by atoms with Crippen molar-refractivity contribution in [3.63, 3.8) is 0 Å². The summed E-state index contributed by atoms with van der Waals surface area (Å²) in [5.74, 6) is 0.730. The fraction of sp³-hybridized carbons (Fsp3) is 0.360. The fourth-order valence-electron chi connectivity index (χ4n) is 3.24. The van der Waals surface area contributed by atoms with Gasteiger partial charge in [-0.3, -0.25) is 4.79 Å². The molecule has 0 aliphatic carbocycles. The van der Waals surface area contributed by atoms with E-state index in [0.717, 1.165) is 11.1 Å². The van der Waals surface area contributed by atoms with Crippen LogP contribution in [-0.4, -0.2) is 35.5 Å². The average Bonchev–Trinajstić information content (AvgIpc) is 3.32. The molecule has 0 bridgehead atoms. The molecule has 8 heteroatoms. The van der Waals surface area contributed by atoms with Crippen LogP contribution >= 0.6 is 0 Å². The Morgan fingerprint density at radius 3 is 2.45 bits per heavy atom. The van der Waals surface area contributed by atoms with Crippen molar-refractivity contribution in [1.29, 1.82) is 0 Å². The third kappa shape index (κ3) is 6.65. The summed E-state index contributed by atoms with van der Waals surface area (Å²) < 4.78 is 16.0. The van der Waals surface area contributed by atoms with Crippen molar-refractivity contribution < 1.29 is 23.6 Å². The summed E-state index contributed by atoms with van der Waals surface area (Å²) in [6.45, 7) is 6.41. The Balaban J connectivity index is 1.61. The molecule has 0 saturated heterocycles. The number of esters is 1. The smallest absolute Gasteiger partial charge is 0.314 e. The van der Waals surface area contributed by atoms with Crippen LogP contribution in [0.5, 0.6) is 5.75 Å². The second kappa shape index (κ2) is 11.8. The first-order chi connectivity index (χ1) is 16.0. The van der Waals surface area contributed by atoms with Gasteiger partial charge in [0.25, 0.3) is 5.89 Å². The van der Waals surface area contributed by atoms with E-state index in [1.54, 1.807) is 0 Å². The van der Waals surface area contributed by atoms with Crippen LogP contribution in [0.3, 0.4) is 0 Å². The summed E-state index contributed by atoms with van der Waals surface area (Å²) in [7, 11) is 1.38. The molecule has 33 heavy (non-hydrogen) atoms. The maximum Gasteiger partial charge on any atom is 0.314 e. The van der Waals surface area contributed by atoms with E-state index in [2.05, 4.69) is 15.3 Å². The van der Waals surface area contributed by atoms with Crippen LogP contribution in [0.2, 0.25) is 0 Å². The molecule has 3 rings (SSSR count). The van der Waals surface area contributed by atoms with Crippen molar-refractivity contribution >= 4 is 11.7 Å². The number of hydrogen-bond donors (Lipinski definition) is 0. The van der Waals surface area contributed by atoms with Crippen LogP contribution in [0.25, 0.3) is 11.4 Å². The number of hydrogen-bond acceptors (Lipinski definition) is 8. The Bertz CT molecular complexity index is 1060. The number of oxime groups is 1. The number of ether oxygens (including phenoxy) is 2. The summed E-state index contributed by atoms with van der Waals surface area (Å²) in [4.78, 5) is 21.9. The first-order valence-electron chi connectivity index (χ1n) is 10.9. The Hall–Kier alpha value is -3.68. The quantitative estimate of drug-likeness (QED) is 0.236. The number of methoxy groups -OCH3 is 1. The molecule has 1 unspecified atom stereocenters. The van der Waals surface area contributed by atoms with Gasteiger partial charge < -0.3 is 18.8 Å². The predicted molar refractivity (Wildman–Crippen MR) is 124 cm³/mol. The Morgan fingerprint density at radius 2 is 1.82 bits per heavy atom. The molecule has 0 aliphatic rings. The lowest BCUT2D eigenvalue weighted by molar-refractivity contribution is -0.143. The van der Waals surface area contributed by atoms with Gasteiger partial charge in [-0.15, -0.1) is 0 Å². The second-order valence-electron chi connectivity index (χ2n) is 7.44. The largest absolute Gasteiger partial charge is 0.484 e. The van der Waals surface area contributed by atoms with Gasteiger partial charge in [-0.25, -0.2) is 0 Å². The summed E-state index contributed by atoms with van der Waals surface area (Å²) >= 11 is 0. The van der Waals surface area contributed by atoms with E-state index in [4.69, 9.17) is 18.8 Å². The van der Waals surface area contributed by atoms with Crippen molar-refractivity contribution in [2.45, 2.75) is 40.2 Å². The van der Waals surface area contributed by atoms with Gasteiger partial charge in [0.05, 0.1) is 12.8 Å². The molecule has 2 aromatic carbocycles. The van der Waals surface area contributed by atoms with Crippen LogP contribution in [-0.2, 0) is 27.4 Å². The van der Waals surface area contributed by atoms with Crippen LogP contribution in [0.4, 0.5) is 0 Å². The van der Waals surface area contributed by atoms with E-state index in [1.807, 2.05) is 69.3 Å². The predicted octanol–water partition coefficient (Wildman–Crippen LogP) is 4.76. The Morgan fingerprint density at radius 1 is 1.09 bits per heavy atom. The zero-order chi connectivity index (χ0) is 23.6. The van der Waals surface area contributed by atoms with Crippen LogP contribution in [0.1, 0.15) is 37.3 Å². The highest BCUT2D eigenvalue weighted by Crippen LogP contribution is 2.20. The van der Waals surface area contributed by atoms with Crippen molar-refractivity contribution in [1.82, 2.24) is 10.1 Å². The van der Waals surface area contributed by atoms with E-state index >= 15 is 0 Å². The summed E-state index contributed by atoms with van der Waals surface area (Å²) in [6.07, 6.45) is 1.05. The normalized spacial score (nSPS) is 12.3. The molecule has 1 atom stereocenters. The third-order valence-electron chi connectivity index (χ3n) is 5.06. The monoisotopic (exact) mass is 451 g/mol. The minimum Gasteiger partial charge on any atom is -0.484 e. The molecule has 0 amide bonds. The maximum absolute atomic E-state index is 12.3. The third-order valence-corrected chi connectivity index (χ3v) is 5.06. The first kappa shape index (κ1) is 24.0. The number of benzene rings is 2. The average molecular weight is 452 g/mol. The van der Waals surface area contributed by atoms with E-state index in [9.17, 15) is 4.79 Å². The lowest BCUT2D eigenvalue weighted by Crippen LogP contribution is -2.27. The van der Waals surface area contributed by atoms with E-state index < -0.39 is 5.92 Å². The van der Waals surface area contributed by atoms with Crippen molar-refractivity contribution in [2.75, 3.05) is 13.7 Å². The molecule has 1 aromatic heterocycles. The van der Waals surface area contributed by atoms with E-state index in [0.29, 0.717) is 42.6 Å². The molecular weight excluding hydrogens is 422 g/mol. The standard InChI is InChI=1S/C25H29N3O5/c1-5-22(27-32-6-2)21(25(29)30-4)15-18-9-13-20(14-10-18)31-16-23-26-24(28-33-23)19-11-7-17(3)8-12-19/h7-14,21H,5-6,15-16H2,1-4H3. The topological polar surface area (TPSA) is 96.0 Å². The highest BCUT2D eigenvalue weighted by atomic mass is 16.6. The molecule has 0 fully saturated rings. The Kier molecular flexibility index (Phi) is 8.57. The highest BCUT2D eigenvalue weighted by Gasteiger charge is 2.25. The Labute approximate surface area is 193 Å². The van der Waals surface area contributed by atoms with Crippen LogP contribution in [0, 0.1) is 12.8 Å². The molecule has 1 heterocycles. The zero-order valence-corrected chi connectivity index (χ0v) is 19.4. The second-order valence-corrected chi connectivity index (χ2v) is 7.44. The molecule has 3 aromatic rings. The summed E-state index contributed by atoms with van der Waals surface area (Å²) in [6, 6.07) is 15.4. The van der Waals surface area contributed by atoms with Gasteiger partial charge in [0.15, 0.2) is 6.61 Å². The van der Waals surface area contributed by atoms with E-state index in [-0.39, 0.29) is 12.6 Å². The minimum absolute atomic E-state index is 0.157. The van der Waals surface area contributed by atoms with Gasteiger partial charge in [-0.05, 0) is 44.4 Å². The highest BCUT2D eigenvalue weighted by molar-refractivity contribution is 6.02. The minimum atomic E-state index is -0.503. The first-order valence-corrected chi connectivity index (χ1v) is 10.9. The molecule has 8 nitrogen and oxygen atoms in total. The number of rotatable bonds is 11. The fourth-order valence-corrected chi connectivity index (χ4v) is 3.24. The summed E-state index contributed by atoms with van der Waals surface area (Å²) in [5.41, 5.74) is 3.67. The van der Waals surface area contributed by atoms with Crippen molar-refractivity contribution in [2.24, 2.45) is 11.1 Å². The molecule has 0 N–H and O–H groups in total. The van der Waals surface area contributed by atoms with Gasteiger partial charge in [0, 0.05) is 5.56 Å². The number of carbonyl (C=O) groups excluding carboxylic acids is 1. The lowest BCUT2D eigenvalue weighted by Gasteiger charge is -2.16. The van der Waals surface area contributed by atoms with Gasteiger partial charge >= 0.3 is 5.97 Å². The number of nitrogens with zero attached hydrogens (tertiary/aromatic N) is 3. The molecule has 0 aliphatic heterocycles. The summed E-state index contributed by atoms with van der Waals surface area (Å²) in [5, 5.41) is 8.12. The molecule has 0 spiro atoms. The van der Waals surface area contributed by atoms with Crippen LogP contribution in [0.15, 0.2) is 58.2 Å². The number of aromatic nitrogens is 2.